The van der Waals surface area contributed by atoms with Crippen LogP contribution >= 0.6 is 0 Å². The van der Waals surface area contributed by atoms with Crippen molar-refractivity contribution < 1.29 is 14.2 Å². The van der Waals surface area contributed by atoms with E-state index in [0.717, 1.165) is 52.0 Å². The van der Waals surface area contributed by atoms with Crippen molar-refractivity contribution in [3.63, 3.8) is 0 Å². The molecule has 0 amide bonds. The first-order valence-electron chi connectivity index (χ1n) is 22.1. The van der Waals surface area contributed by atoms with E-state index in [1.165, 1.54) is 103 Å². The van der Waals surface area contributed by atoms with E-state index in [1.54, 1.807) is 0 Å². The van der Waals surface area contributed by atoms with Crippen LogP contribution in [0.3, 0.4) is 0 Å². The van der Waals surface area contributed by atoms with Gasteiger partial charge in [0.15, 0.2) is 0 Å². The van der Waals surface area contributed by atoms with Gasteiger partial charge in [0.05, 0.1) is 18.3 Å². The summed E-state index contributed by atoms with van der Waals surface area (Å²) >= 11 is 0. The average Bonchev–Trinajstić information content (AvgIpc) is 3.48. The molecule has 0 aromatic carbocycles. The Balaban J connectivity index is 1.49. The normalized spacial score (nSPS) is 35.4. The molecule has 0 bridgehead atoms. The van der Waals surface area contributed by atoms with Gasteiger partial charge in [0.25, 0.3) is 0 Å². The van der Waals surface area contributed by atoms with Crippen molar-refractivity contribution >= 4 is 0 Å². The van der Waals surface area contributed by atoms with Crippen LogP contribution in [0.5, 0.6) is 0 Å². The lowest BCUT2D eigenvalue weighted by Crippen LogP contribution is -2.63. The van der Waals surface area contributed by atoms with Gasteiger partial charge < -0.3 is 31.4 Å². The van der Waals surface area contributed by atoms with Crippen LogP contribution in [0, 0.1) is 46.3 Å². The van der Waals surface area contributed by atoms with E-state index in [4.69, 9.17) is 31.4 Å². The minimum Gasteiger partial charge on any atom is -0.378 e. The summed E-state index contributed by atoms with van der Waals surface area (Å²) in [4.78, 5) is 2.66. The molecule has 4 aliphatic carbocycles. The molecule has 3 unspecified atom stereocenters. The second-order valence-electron chi connectivity index (χ2n) is 18.0. The first kappa shape index (κ1) is 43.2. The minimum atomic E-state index is 0.162. The lowest BCUT2D eigenvalue weighted by atomic mass is 9.43. The number of fused-ring (bicyclic) bond motifs is 5. The Hall–Kier alpha value is -0.540. The first-order valence-corrected chi connectivity index (χ1v) is 22.1. The highest BCUT2D eigenvalue weighted by Gasteiger charge is 2.66. The minimum absolute atomic E-state index is 0.162. The molecule has 0 spiro atoms. The summed E-state index contributed by atoms with van der Waals surface area (Å²) in [5.41, 5.74) is 18.3. The molecule has 0 radical (unpaired) electrons. The summed E-state index contributed by atoms with van der Waals surface area (Å²) in [6.07, 6.45) is 25.1. The van der Waals surface area contributed by atoms with Crippen molar-refractivity contribution in [3.8, 4) is 0 Å². The van der Waals surface area contributed by atoms with Crippen molar-refractivity contribution in [2.24, 2.45) is 63.5 Å². The third-order valence-electron chi connectivity index (χ3n) is 14.8. The smallest absolute Gasteiger partial charge is 0.0637 e. The van der Waals surface area contributed by atoms with Crippen LogP contribution in [0.15, 0.2) is 12.7 Å². The summed E-state index contributed by atoms with van der Waals surface area (Å²) in [5.74, 6) is 3.83. The van der Waals surface area contributed by atoms with Crippen molar-refractivity contribution in [1.29, 1.82) is 0 Å². The number of hydrogen-bond acceptors (Lipinski definition) is 7. The summed E-state index contributed by atoms with van der Waals surface area (Å²) in [7, 11) is 0. The Bertz CT molecular complexity index is 969. The van der Waals surface area contributed by atoms with Gasteiger partial charge in [-0.25, -0.2) is 0 Å². The zero-order chi connectivity index (χ0) is 36.7. The summed E-state index contributed by atoms with van der Waals surface area (Å²) < 4.78 is 20.5. The number of nitrogens with two attached hydrogens (primary N) is 3. The highest BCUT2D eigenvalue weighted by atomic mass is 16.5. The molecule has 0 saturated heterocycles. The SMILES string of the molecule is C=CCN(CCCCCCCC)CCC[C@@H](C)C1CC[C@H]2C3[C@H](OCCCN)CC4C[C@H](OCCCN)CC[C@]4(C)[C@H]3C[C@H](OCCCN)[C@]12C. The van der Waals surface area contributed by atoms with E-state index in [1.807, 2.05) is 0 Å². The molecule has 4 saturated carbocycles. The maximum atomic E-state index is 7.08. The number of unbranched alkanes of at least 4 members (excludes halogenated alkanes) is 5. The highest BCUT2D eigenvalue weighted by Crippen LogP contribution is 2.69. The predicted octanol–water partition coefficient (Wildman–Crippen LogP) is 8.33. The van der Waals surface area contributed by atoms with Crippen molar-refractivity contribution in [2.75, 3.05) is 59.1 Å². The predicted molar refractivity (Wildman–Crippen MR) is 215 cm³/mol. The lowest BCUT2D eigenvalue weighted by Gasteiger charge is -2.65. The summed E-state index contributed by atoms with van der Waals surface area (Å²) in [5, 5.41) is 0. The zero-order valence-corrected chi connectivity index (χ0v) is 34.0. The van der Waals surface area contributed by atoms with Crippen LogP contribution < -0.4 is 17.2 Å². The van der Waals surface area contributed by atoms with E-state index < -0.39 is 0 Å². The zero-order valence-electron chi connectivity index (χ0n) is 34.0. The van der Waals surface area contributed by atoms with Crippen LogP contribution in [0.2, 0.25) is 0 Å². The van der Waals surface area contributed by atoms with Gasteiger partial charge in [-0.3, -0.25) is 4.90 Å². The van der Waals surface area contributed by atoms with Gasteiger partial charge in [0, 0.05) is 31.8 Å². The first-order chi connectivity index (χ1) is 24.8. The van der Waals surface area contributed by atoms with Crippen molar-refractivity contribution in [1.82, 2.24) is 4.90 Å². The van der Waals surface area contributed by atoms with E-state index >= 15 is 0 Å². The van der Waals surface area contributed by atoms with Gasteiger partial charge >= 0.3 is 0 Å². The average molecular weight is 717 g/mol. The van der Waals surface area contributed by atoms with E-state index in [-0.39, 0.29) is 11.5 Å². The Morgan fingerprint density at radius 3 is 2.14 bits per heavy atom. The van der Waals surface area contributed by atoms with Crippen LogP contribution in [-0.4, -0.2) is 82.3 Å². The monoisotopic (exact) mass is 717 g/mol. The molecular weight excluding hydrogens is 633 g/mol. The maximum Gasteiger partial charge on any atom is 0.0637 e. The molecule has 0 aromatic rings. The Labute approximate surface area is 315 Å². The van der Waals surface area contributed by atoms with Gasteiger partial charge in [-0.15, -0.1) is 6.58 Å². The quantitative estimate of drug-likeness (QED) is 0.0610. The molecule has 0 aliphatic heterocycles. The van der Waals surface area contributed by atoms with E-state index in [9.17, 15) is 0 Å². The molecule has 298 valence electrons. The molecule has 0 heterocycles. The Morgan fingerprint density at radius 1 is 0.765 bits per heavy atom. The number of rotatable bonds is 26. The second kappa shape index (κ2) is 22.1. The number of ether oxygens (including phenoxy) is 3. The fraction of sp³-hybridized carbons (Fsp3) is 0.955. The van der Waals surface area contributed by atoms with Crippen molar-refractivity contribution in [2.45, 2.75) is 162 Å². The van der Waals surface area contributed by atoms with Crippen LogP contribution in [0.25, 0.3) is 0 Å². The topological polar surface area (TPSA) is 109 Å². The molecule has 4 rings (SSSR count). The fourth-order valence-electron chi connectivity index (χ4n) is 12.0. The van der Waals surface area contributed by atoms with E-state index in [0.29, 0.717) is 72.8 Å². The van der Waals surface area contributed by atoms with E-state index in [2.05, 4.69) is 45.2 Å². The van der Waals surface area contributed by atoms with Gasteiger partial charge in [0.1, 0.15) is 0 Å². The van der Waals surface area contributed by atoms with Crippen molar-refractivity contribution in [3.05, 3.63) is 12.7 Å². The largest absolute Gasteiger partial charge is 0.378 e. The molecule has 0 aromatic heterocycles. The molecule has 51 heavy (non-hydrogen) atoms. The van der Waals surface area contributed by atoms with Gasteiger partial charge in [-0.1, -0.05) is 65.9 Å². The fourth-order valence-corrected chi connectivity index (χ4v) is 12.0. The third kappa shape index (κ3) is 11.0. The molecule has 7 heteroatoms. The Kier molecular flexibility index (Phi) is 18.7. The summed E-state index contributed by atoms with van der Waals surface area (Å²) in [6, 6.07) is 0. The molecule has 4 fully saturated rings. The molecule has 7 nitrogen and oxygen atoms in total. The van der Waals surface area contributed by atoms with Gasteiger partial charge in [-0.05, 0) is 157 Å². The third-order valence-corrected chi connectivity index (χ3v) is 14.8. The van der Waals surface area contributed by atoms with Crippen LogP contribution in [0.4, 0.5) is 0 Å². The molecule has 6 N–H and O–H groups in total. The number of nitrogens with zero attached hydrogens (tertiary/aromatic N) is 1. The Morgan fingerprint density at radius 2 is 1.43 bits per heavy atom. The second-order valence-corrected chi connectivity index (χ2v) is 18.0. The standard InChI is InChI=1S/C44H84N4O3/c1-6-8-9-10-11-12-26-48(25-7-2)27-13-17-34(3)37-18-19-38-42-39(33-41(44(37,38)5)51-30-16-24-47)43(4)21-20-36(49-28-14-22-45)31-35(43)32-40(42)50-29-15-23-46/h7,34-42H,2,6,8-33,45-47H2,1,3-5H3/t34-,35?,36-,37?,38+,39+,40-,41+,42?,43+,44-/m1/s1. The number of hydrogen-bond donors (Lipinski definition) is 3. The maximum absolute atomic E-state index is 7.08. The van der Waals surface area contributed by atoms with Crippen LogP contribution in [-0.2, 0) is 14.2 Å². The molecular formula is C44H84N4O3. The van der Waals surface area contributed by atoms with Crippen LogP contribution in [0.1, 0.15) is 143 Å². The summed E-state index contributed by atoms with van der Waals surface area (Å²) in [6.45, 7) is 22.1. The highest BCUT2D eigenvalue weighted by molar-refractivity contribution is 5.15. The van der Waals surface area contributed by atoms with Gasteiger partial charge in [-0.2, -0.15) is 0 Å². The van der Waals surface area contributed by atoms with Gasteiger partial charge in [0.2, 0.25) is 0 Å². The molecule has 4 aliphatic rings. The molecule has 11 atom stereocenters. The lowest BCUT2D eigenvalue weighted by molar-refractivity contribution is -0.227.